The largest absolute Gasteiger partial charge is 0.365 e. The second-order valence-corrected chi connectivity index (χ2v) is 5.66. The van der Waals surface area contributed by atoms with E-state index >= 15 is 0 Å². The summed E-state index contributed by atoms with van der Waals surface area (Å²) in [6.45, 7) is 2.63. The normalized spacial score (nSPS) is 10.3. The lowest BCUT2D eigenvalue weighted by molar-refractivity contribution is -0.115. The van der Waals surface area contributed by atoms with E-state index in [1.807, 2.05) is 43.3 Å². The number of aromatic nitrogens is 3. The monoisotopic (exact) mass is 333 g/mol. The van der Waals surface area contributed by atoms with Crippen molar-refractivity contribution in [1.29, 1.82) is 0 Å². The molecule has 6 nitrogen and oxygen atoms in total. The molecule has 0 spiro atoms. The second kappa shape index (κ2) is 8.01. The Labute approximate surface area is 146 Å². The van der Waals surface area contributed by atoms with Crippen molar-refractivity contribution in [2.24, 2.45) is 0 Å². The number of aryl methyl sites for hydroxylation is 1. The van der Waals surface area contributed by atoms with Crippen LogP contribution < -0.4 is 10.6 Å². The zero-order chi connectivity index (χ0) is 17.5. The van der Waals surface area contributed by atoms with Crippen LogP contribution in [0.25, 0.3) is 0 Å². The quantitative estimate of drug-likeness (QED) is 0.725. The number of anilines is 2. The number of nitrogens with one attached hydrogen (secondary N) is 2. The lowest BCUT2D eigenvalue weighted by Gasteiger charge is -2.08. The van der Waals surface area contributed by atoms with E-state index in [0.717, 1.165) is 16.7 Å². The molecule has 0 aliphatic carbocycles. The Balaban J connectivity index is 1.53. The highest BCUT2D eigenvalue weighted by molar-refractivity contribution is 5.91. The number of hydrogen-bond acceptors (Lipinski definition) is 5. The predicted molar refractivity (Wildman–Crippen MR) is 97.1 cm³/mol. The summed E-state index contributed by atoms with van der Waals surface area (Å²) in [5.41, 5.74) is 3.20. The van der Waals surface area contributed by atoms with Crippen molar-refractivity contribution in [3.63, 3.8) is 0 Å². The Hall–Kier alpha value is -3.28. The predicted octanol–water partition coefficient (Wildman–Crippen LogP) is 2.97. The standard InChI is InChI=1S/C19H19N5O/c1-14-4-2-3-5-16(14)12-19(25)22-18-7-6-17(23-24-18)21-13-15-8-10-20-11-9-15/h2-11H,12-13H2,1H3,(H,21,23)(H,22,24,25). The fourth-order valence-electron chi connectivity index (χ4n) is 2.35. The summed E-state index contributed by atoms with van der Waals surface area (Å²) in [5.74, 6) is 0.975. The molecule has 0 unspecified atom stereocenters. The minimum atomic E-state index is -0.110. The third-order valence-electron chi connectivity index (χ3n) is 3.77. The Bertz CT molecular complexity index is 834. The lowest BCUT2D eigenvalue weighted by Crippen LogP contribution is -2.16. The zero-order valence-electron chi connectivity index (χ0n) is 13.9. The van der Waals surface area contributed by atoms with E-state index in [2.05, 4.69) is 25.8 Å². The number of nitrogens with zero attached hydrogens (tertiary/aromatic N) is 3. The van der Waals surface area contributed by atoms with Crippen molar-refractivity contribution in [2.45, 2.75) is 19.9 Å². The van der Waals surface area contributed by atoms with Gasteiger partial charge in [-0.2, -0.15) is 0 Å². The maximum atomic E-state index is 12.1. The van der Waals surface area contributed by atoms with Crippen LogP contribution in [0.5, 0.6) is 0 Å². The maximum absolute atomic E-state index is 12.1. The molecule has 2 N–H and O–H groups in total. The topological polar surface area (TPSA) is 79.8 Å². The lowest BCUT2D eigenvalue weighted by atomic mass is 10.1. The van der Waals surface area contributed by atoms with Crippen LogP contribution in [0.1, 0.15) is 16.7 Å². The van der Waals surface area contributed by atoms with Crippen molar-refractivity contribution in [3.05, 3.63) is 77.6 Å². The van der Waals surface area contributed by atoms with E-state index in [9.17, 15) is 4.79 Å². The molecule has 25 heavy (non-hydrogen) atoms. The van der Waals surface area contributed by atoms with Gasteiger partial charge in [0.1, 0.15) is 5.82 Å². The molecule has 0 saturated carbocycles. The van der Waals surface area contributed by atoms with Gasteiger partial charge in [0.2, 0.25) is 5.91 Å². The summed E-state index contributed by atoms with van der Waals surface area (Å²) < 4.78 is 0. The maximum Gasteiger partial charge on any atom is 0.230 e. The first kappa shape index (κ1) is 16.6. The molecule has 1 aromatic carbocycles. The summed E-state index contributed by atoms with van der Waals surface area (Å²) in [6.07, 6.45) is 3.81. The fraction of sp³-hybridized carbons (Fsp3) is 0.158. The molecule has 2 aromatic heterocycles. The van der Waals surface area contributed by atoms with Crippen molar-refractivity contribution in [1.82, 2.24) is 15.2 Å². The van der Waals surface area contributed by atoms with E-state index in [0.29, 0.717) is 24.6 Å². The number of rotatable bonds is 6. The van der Waals surface area contributed by atoms with Gasteiger partial charge in [-0.3, -0.25) is 9.78 Å². The zero-order valence-corrected chi connectivity index (χ0v) is 13.9. The molecule has 0 bridgehead atoms. The van der Waals surface area contributed by atoms with Crippen LogP contribution >= 0.6 is 0 Å². The minimum absolute atomic E-state index is 0.110. The number of hydrogen-bond donors (Lipinski definition) is 2. The molecule has 2 heterocycles. The summed E-state index contributed by atoms with van der Waals surface area (Å²) >= 11 is 0. The number of pyridine rings is 1. The van der Waals surface area contributed by atoms with Gasteiger partial charge in [0.05, 0.1) is 6.42 Å². The Morgan fingerprint density at radius 1 is 0.960 bits per heavy atom. The van der Waals surface area contributed by atoms with Crippen LogP contribution in [-0.2, 0) is 17.8 Å². The van der Waals surface area contributed by atoms with Crippen molar-refractivity contribution >= 4 is 17.5 Å². The van der Waals surface area contributed by atoms with Gasteiger partial charge in [-0.15, -0.1) is 10.2 Å². The van der Waals surface area contributed by atoms with Crippen molar-refractivity contribution in [3.8, 4) is 0 Å². The minimum Gasteiger partial charge on any atom is -0.365 e. The van der Waals surface area contributed by atoms with Gasteiger partial charge >= 0.3 is 0 Å². The highest BCUT2D eigenvalue weighted by Crippen LogP contribution is 2.11. The summed E-state index contributed by atoms with van der Waals surface area (Å²) in [6, 6.07) is 15.2. The number of carbonyl (C=O) groups excluding carboxylic acids is 1. The van der Waals surface area contributed by atoms with Gasteiger partial charge in [-0.1, -0.05) is 24.3 Å². The molecular formula is C19H19N5O. The molecule has 6 heteroatoms. The average molecular weight is 333 g/mol. The molecule has 3 rings (SSSR count). The smallest absolute Gasteiger partial charge is 0.230 e. The van der Waals surface area contributed by atoms with E-state index in [4.69, 9.17) is 0 Å². The molecule has 0 aliphatic heterocycles. The molecule has 0 aliphatic rings. The van der Waals surface area contributed by atoms with Crippen LogP contribution in [0.15, 0.2) is 60.9 Å². The Morgan fingerprint density at radius 3 is 2.40 bits per heavy atom. The first-order valence-corrected chi connectivity index (χ1v) is 8.01. The van der Waals surface area contributed by atoms with Gasteiger partial charge in [0, 0.05) is 18.9 Å². The number of amides is 1. The molecule has 0 fully saturated rings. The van der Waals surface area contributed by atoms with Crippen LogP contribution in [0, 0.1) is 6.92 Å². The molecule has 0 atom stereocenters. The number of benzene rings is 1. The molecule has 126 valence electrons. The van der Waals surface area contributed by atoms with E-state index in [1.54, 1.807) is 24.5 Å². The van der Waals surface area contributed by atoms with Gasteiger partial charge in [0.15, 0.2) is 5.82 Å². The third kappa shape index (κ3) is 4.84. The van der Waals surface area contributed by atoms with E-state index in [-0.39, 0.29) is 5.91 Å². The fourth-order valence-corrected chi connectivity index (χ4v) is 2.35. The first-order valence-electron chi connectivity index (χ1n) is 8.01. The highest BCUT2D eigenvalue weighted by atomic mass is 16.1. The van der Waals surface area contributed by atoms with Gasteiger partial charge < -0.3 is 10.6 Å². The Kier molecular flexibility index (Phi) is 5.31. The molecule has 1 amide bonds. The van der Waals surface area contributed by atoms with Gasteiger partial charge in [-0.25, -0.2) is 0 Å². The van der Waals surface area contributed by atoms with Crippen molar-refractivity contribution in [2.75, 3.05) is 10.6 Å². The molecule has 0 radical (unpaired) electrons. The van der Waals surface area contributed by atoms with Crippen LogP contribution in [-0.4, -0.2) is 21.1 Å². The first-order chi connectivity index (χ1) is 12.2. The SMILES string of the molecule is Cc1ccccc1CC(=O)Nc1ccc(NCc2ccncc2)nn1. The third-order valence-corrected chi connectivity index (χ3v) is 3.77. The second-order valence-electron chi connectivity index (χ2n) is 5.66. The van der Waals surface area contributed by atoms with Crippen LogP contribution in [0.2, 0.25) is 0 Å². The highest BCUT2D eigenvalue weighted by Gasteiger charge is 2.07. The molecule has 3 aromatic rings. The van der Waals surface area contributed by atoms with Crippen molar-refractivity contribution < 1.29 is 4.79 Å². The number of carbonyl (C=O) groups is 1. The summed E-state index contributed by atoms with van der Waals surface area (Å²) in [5, 5.41) is 14.1. The summed E-state index contributed by atoms with van der Waals surface area (Å²) in [7, 11) is 0. The van der Waals surface area contributed by atoms with E-state index < -0.39 is 0 Å². The molecule has 0 saturated heterocycles. The van der Waals surface area contributed by atoms with Gasteiger partial charge in [-0.05, 0) is 47.9 Å². The average Bonchev–Trinajstić information content (AvgIpc) is 2.64. The van der Waals surface area contributed by atoms with Crippen LogP contribution in [0.3, 0.4) is 0 Å². The summed E-state index contributed by atoms with van der Waals surface area (Å²) in [4.78, 5) is 16.1. The van der Waals surface area contributed by atoms with Gasteiger partial charge in [0.25, 0.3) is 0 Å². The molecular weight excluding hydrogens is 314 g/mol. The van der Waals surface area contributed by atoms with Crippen LogP contribution in [0.4, 0.5) is 11.6 Å². The van der Waals surface area contributed by atoms with E-state index in [1.165, 1.54) is 0 Å². The Morgan fingerprint density at radius 2 is 1.68 bits per heavy atom.